The van der Waals surface area contributed by atoms with E-state index in [1.165, 1.54) is 24.3 Å². The molecule has 8 nitrogen and oxygen atoms in total. The summed E-state index contributed by atoms with van der Waals surface area (Å²) >= 11 is 0. The molecule has 136 valence electrons. The average Bonchev–Trinajstić information content (AvgIpc) is 2.57. The van der Waals surface area contributed by atoms with Crippen molar-refractivity contribution < 1.29 is 38.9 Å². The van der Waals surface area contributed by atoms with Crippen LogP contribution in [-0.2, 0) is 19.1 Å². The maximum atomic E-state index is 11.0. The molecule has 0 spiro atoms. The van der Waals surface area contributed by atoms with E-state index in [4.69, 9.17) is 19.7 Å². The van der Waals surface area contributed by atoms with Gasteiger partial charge in [0, 0.05) is 12.8 Å². The first-order chi connectivity index (χ1) is 11.8. The molecule has 2 N–H and O–H groups in total. The molecule has 0 bridgehead atoms. The van der Waals surface area contributed by atoms with Gasteiger partial charge < -0.3 is 19.7 Å². The van der Waals surface area contributed by atoms with E-state index in [0.29, 0.717) is 25.7 Å². The summed E-state index contributed by atoms with van der Waals surface area (Å²) in [5.74, 6) is -2.86. The molecular formula is C17H20O8. The molecule has 0 radical (unpaired) electrons. The van der Waals surface area contributed by atoms with Gasteiger partial charge in [-0.15, -0.1) is 0 Å². The van der Waals surface area contributed by atoms with Crippen LogP contribution < -0.4 is 0 Å². The molecule has 0 aliphatic carbocycles. The van der Waals surface area contributed by atoms with E-state index < -0.39 is 11.9 Å². The van der Waals surface area contributed by atoms with Crippen LogP contribution in [0.5, 0.6) is 0 Å². The molecule has 25 heavy (non-hydrogen) atoms. The highest BCUT2D eigenvalue weighted by molar-refractivity contribution is 6.01. The summed E-state index contributed by atoms with van der Waals surface area (Å²) in [4.78, 5) is 42.9. The average molecular weight is 352 g/mol. The van der Waals surface area contributed by atoms with E-state index in [9.17, 15) is 19.2 Å². The number of carbonyl (C=O) groups is 4. The summed E-state index contributed by atoms with van der Waals surface area (Å²) in [5, 5.41) is 17.1. The van der Waals surface area contributed by atoms with Crippen LogP contribution >= 0.6 is 0 Å². The zero-order valence-corrected chi connectivity index (χ0v) is 13.8. The van der Waals surface area contributed by atoms with Crippen molar-refractivity contribution in [3.63, 3.8) is 0 Å². The van der Waals surface area contributed by atoms with E-state index in [0.717, 1.165) is 0 Å². The van der Waals surface area contributed by atoms with Crippen molar-refractivity contribution in [2.75, 3.05) is 6.61 Å². The zero-order chi connectivity index (χ0) is 18.8. The summed E-state index contributed by atoms with van der Waals surface area (Å²) < 4.78 is 9.82. The number of aromatic carboxylic acids is 2. The molecule has 1 aliphatic rings. The summed E-state index contributed by atoms with van der Waals surface area (Å²) in [7, 11) is 0. The van der Waals surface area contributed by atoms with Gasteiger partial charge in [-0.1, -0.05) is 12.1 Å². The number of hydrogen-bond donors (Lipinski definition) is 2. The van der Waals surface area contributed by atoms with E-state index in [1.54, 1.807) is 6.92 Å². The minimum absolute atomic E-state index is 0.171. The van der Waals surface area contributed by atoms with E-state index in [1.807, 2.05) is 0 Å². The molecule has 0 aromatic heterocycles. The van der Waals surface area contributed by atoms with Crippen LogP contribution in [0.2, 0.25) is 0 Å². The molecule has 8 heteroatoms. The first-order valence-electron chi connectivity index (χ1n) is 7.72. The van der Waals surface area contributed by atoms with E-state index in [2.05, 4.69) is 0 Å². The number of carbonyl (C=O) groups excluding carboxylic acids is 2. The van der Waals surface area contributed by atoms with Gasteiger partial charge in [-0.3, -0.25) is 9.59 Å². The van der Waals surface area contributed by atoms with Crippen molar-refractivity contribution in [2.24, 2.45) is 0 Å². The highest BCUT2D eigenvalue weighted by atomic mass is 16.6. The number of carboxylic acid groups (broad SMARTS) is 2. The van der Waals surface area contributed by atoms with Crippen molar-refractivity contribution >= 4 is 23.9 Å². The SMILES string of the molecule is CC1COC(=O)CCCCC(=O)O1.O=C(O)c1ccccc1C(=O)O. The second kappa shape index (κ2) is 10.1. The monoisotopic (exact) mass is 352 g/mol. The van der Waals surface area contributed by atoms with Gasteiger partial charge in [0.2, 0.25) is 0 Å². The van der Waals surface area contributed by atoms with Crippen LogP contribution in [0.4, 0.5) is 0 Å². The normalized spacial score (nSPS) is 18.0. The third-order valence-corrected chi connectivity index (χ3v) is 3.21. The Labute approximate surface area is 144 Å². The summed E-state index contributed by atoms with van der Waals surface area (Å²) in [5.41, 5.74) is -0.380. The first kappa shape index (κ1) is 20.1. The fourth-order valence-corrected chi connectivity index (χ4v) is 1.99. The van der Waals surface area contributed by atoms with Gasteiger partial charge in [-0.2, -0.15) is 0 Å². The van der Waals surface area contributed by atoms with Crippen LogP contribution in [-0.4, -0.2) is 46.8 Å². The molecule has 1 aromatic rings. The van der Waals surface area contributed by atoms with Crippen molar-refractivity contribution in [3.8, 4) is 0 Å². The third kappa shape index (κ3) is 7.47. The van der Waals surface area contributed by atoms with Crippen molar-refractivity contribution in [1.82, 2.24) is 0 Å². The van der Waals surface area contributed by atoms with Crippen LogP contribution in [0, 0.1) is 0 Å². The van der Waals surface area contributed by atoms with Gasteiger partial charge in [0.25, 0.3) is 0 Å². The third-order valence-electron chi connectivity index (χ3n) is 3.21. The molecule has 1 aliphatic heterocycles. The van der Waals surface area contributed by atoms with E-state index >= 15 is 0 Å². The number of esters is 2. The maximum absolute atomic E-state index is 11.0. The Balaban J connectivity index is 0.000000251. The summed E-state index contributed by atoms with van der Waals surface area (Å²) in [6, 6.07) is 5.48. The molecule has 1 heterocycles. The minimum Gasteiger partial charge on any atom is -0.478 e. The Bertz CT molecular complexity index is 604. The number of benzene rings is 1. The Morgan fingerprint density at radius 3 is 1.92 bits per heavy atom. The largest absolute Gasteiger partial charge is 0.478 e. The molecule has 1 saturated heterocycles. The predicted octanol–water partition coefficient (Wildman–Crippen LogP) is 2.12. The summed E-state index contributed by atoms with van der Waals surface area (Å²) in [6.07, 6.45) is 1.87. The lowest BCUT2D eigenvalue weighted by Crippen LogP contribution is -2.23. The Morgan fingerprint density at radius 1 is 0.960 bits per heavy atom. The number of rotatable bonds is 2. The standard InChI is InChI=1S/C9H14O4.C8H6O4/c1-7-6-12-8(10)4-2-3-5-9(11)13-7;9-7(10)5-3-1-2-4-6(5)8(11)12/h7H,2-6H2,1H3;1-4H,(H,9,10)(H,11,12). The van der Waals surface area contributed by atoms with Crippen molar-refractivity contribution in [1.29, 1.82) is 0 Å². The van der Waals surface area contributed by atoms with E-state index in [-0.39, 0.29) is 35.8 Å². The Morgan fingerprint density at radius 2 is 1.44 bits per heavy atom. The molecule has 0 amide bonds. The van der Waals surface area contributed by atoms with Crippen LogP contribution in [0.1, 0.15) is 53.3 Å². The second-order valence-corrected chi connectivity index (χ2v) is 5.35. The molecule has 1 fully saturated rings. The number of ether oxygens (including phenoxy) is 2. The van der Waals surface area contributed by atoms with Crippen LogP contribution in [0.3, 0.4) is 0 Å². The number of carboxylic acids is 2. The molecular weight excluding hydrogens is 332 g/mol. The highest BCUT2D eigenvalue weighted by Gasteiger charge is 2.15. The Hall–Kier alpha value is -2.90. The fraction of sp³-hybridized carbons (Fsp3) is 0.412. The van der Waals surface area contributed by atoms with Gasteiger partial charge in [-0.25, -0.2) is 9.59 Å². The molecule has 1 unspecified atom stereocenters. The number of hydrogen-bond acceptors (Lipinski definition) is 6. The molecule has 2 rings (SSSR count). The van der Waals surface area contributed by atoms with Crippen molar-refractivity contribution in [2.45, 2.75) is 38.7 Å². The summed E-state index contributed by atoms with van der Waals surface area (Å²) in [6.45, 7) is 1.89. The maximum Gasteiger partial charge on any atom is 0.336 e. The van der Waals surface area contributed by atoms with Crippen LogP contribution in [0.25, 0.3) is 0 Å². The van der Waals surface area contributed by atoms with Gasteiger partial charge in [0.15, 0.2) is 0 Å². The van der Waals surface area contributed by atoms with Gasteiger partial charge in [0.05, 0.1) is 11.1 Å². The Kier molecular flexibility index (Phi) is 8.11. The van der Waals surface area contributed by atoms with Crippen LogP contribution in [0.15, 0.2) is 24.3 Å². The lowest BCUT2D eigenvalue weighted by molar-refractivity contribution is -0.159. The lowest BCUT2D eigenvalue weighted by Gasteiger charge is -2.15. The smallest absolute Gasteiger partial charge is 0.336 e. The molecule has 0 saturated carbocycles. The zero-order valence-electron chi connectivity index (χ0n) is 13.8. The minimum atomic E-state index is -1.23. The second-order valence-electron chi connectivity index (χ2n) is 5.35. The molecule has 1 atom stereocenters. The predicted molar refractivity (Wildman–Crippen MR) is 85.3 cm³/mol. The lowest BCUT2D eigenvalue weighted by atomic mass is 10.1. The quantitative estimate of drug-likeness (QED) is 0.775. The highest BCUT2D eigenvalue weighted by Crippen LogP contribution is 2.08. The van der Waals surface area contributed by atoms with Gasteiger partial charge in [0.1, 0.15) is 12.7 Å². The molecule has 1 aromatic carbocycles. The topological polar surface area (TPSA) is 127 Å². The van der Waals surface area contributed by atoms with Gasteiger partial charge >= 0.3 is 23.9 Å². The fourth-order valence-electron chi connectivity index (χ4n) is 1.99. The first-order valence-corrected chi connectivity index (χ1v) is 7.72. The number of cyclic esters (lactones) is 2. The van der Waals surface area contributed by atoms with Crippen molar-refractivity contribution in [3.05, 3.63) is 35.4 Å². The van der Waals surface area contributed by atoms with Gasteiger partial charge in [-0.05, 0) is 31.9 Å².